The van der Waals surface area contributed by atoms with Gasteiger partial charge in [0.1, 0.15) is 0 Å². The quantitative estimate of drug-likeness (QED) is 0.669. The molecule has 2 aromatic heterocycles. The minimum absolute atomic E-state index is 0.341. The van der Waals surface area contributed by atoms with Crippen LogP contribution in [0, 0.1) is 6.92 Å². The van der Waals surface area contributed by atoms with Crippen LogP contribution >= 0.6 is 11.3 Å². The van der Waals surface area contributed by atoms with Crippen molar-refractivity contribution >= 4 is 11.3 Å². The van der Waals surface area contributed by atoms with E-state index in [-0.39, 0.29) is 0 Å². The van der Waals surface area contributed by atoms with Crippen LogP contribution in [0.4, 0.5) is 0 Å². The van der Waals surface area contributed by atoms with Gasteiger partial charge in [0.15, 0.2) is 0 Å². The lowest BCUT2D eigenvalue weighted by atomic mass is 9.97. The lowest BCUT2D eigenvalue weighted by molar-refractivity contribution is 0.220. The fourth-order valence-corrected chi connectivity index (χ4v) is 4.34. The number of aryl methyl sites for hydroxylation is 2. The highest BCUT2D eigenvalue weighted by atomic mass is 32.1. The number of fused-ring (bicyclic) bond motifs is 1. The predicted molar refractivity (Wildman–Crippen MR) is 96.8 cm³/mol. The second-order valence-electron chi connectivity index (χ2n) is 6.34. The van der Waals surface area contributed by atoms with Crippen LogP contribution in [0.1, 0.15) is 34.8 Å². The van der Waals surface area contributed by atoms with Gasteiger partial charge < -0.3 is 4.57 Å². The number of hydrogen-bond acceptors (Lipinski definition) is 2. The summed E-state index contributed by atoms with van der Waals surface area (Å²) in [6, 6.07) is 15.9. The monoisotopic (exact) mass is 322 g/mol. The van der Waals surface area contributed by atoms with Crippen molar-refractivity contribution < 1.29 is 0 Å². The van der Waals surface area contributed by atoms with Crippen molar-refractivity contribution in [2.75, 3.05) is 6.54 Å². The maximum absolute atomic E-state index is 2.64. The lowest BCUT2D eigenvalue weighted by Crippen LogP contribution is -2.29. The molecule has 3 aromatic rings. The van der Waals surface area contributed by atoms with E-state index < -0.39 is 0 Å². The fraction of sp³-hybridized carbons (Fsp3) is 0.300. The molecule has 1 aliphatic heterocycles. The van der Waals surface area contributed by atoms with Gasteiger partial charge in [0.2, 0.25) is 0 Å². The molecule has 3 heterocycles. The maximum atomic E-state index is 2.64. The van der Waals surface area contributed by atoms with Crippen LogP contribution in [-0.2, 0) is 13.1 Å². The first-order valence-electron chi connectivity index (χ1n) is 8.28. The van der Waals surface area contributed by atoms with E-state index >= 15 is 0 Å². The van der Waals surface area contributed by atoms with E-state index in [2.05, 4.69) is 75.8 Å². The van der Waals surface area contributed by atoms with Crippen molar-refractivity contribution in [3.05, 3.63) is 81.8 Å². The Morgan fingerprint density at radius 3 is 2.83 bits per heavy atom. The van der Waals surface area contributed by atoms with Crippen LogP contribution in [0.25, 0.3) is 0 Å². The van der Waals surface area contributed by atoms with Crippen LogP contribution in [0.15, 0.2) is 59.4 Å². The van der Waals surface area contributed by atoms with Crippen LogP contribution in [0.3, 0.4) is 0 Å². The van der Waals surface area contributed by atoms with E-state index in [1.165, 1.54) is 28.8 Å². The Morgan fingerprint density at radius 2 is 2.00 bits per heavy atom. The van der Waals surface area contributed by atoms with Gasteiger partial charge in [-0.3, -0.25) is 4.90 Å². The number of nitrogens with zero attached hydrogens (tertiary/aromatic N) is 2. The molecule has 0 fully saturated rings. The topological polar surface area (TPSA) is 8.17 Å². The Balaban J connectivity index is 1.79. The summed E-state index contributed by atoms with van der Waals surface area (Å²) >= 11 is 1.79. The number of aromatic nitrogens is 1. The SMILES string of the molecule is Cc1ccccc1C1c2cccn2CCCN1Cc1ccsc1. The van der Waals surface area contributed by atoms with E-state index in [0.29, 0.717) is 6.04 Å². The molecule has 1 atom stereocenters. The first-order chi connectivity index (χ1) is 11.3. The van der Waals surface area contributed by atoms with Gasteiger partial charge in [-0.2, -0.15) is 11.3 Å². The fourth-order valence-electron chi connectivity index (χ4n) is 3.68. The third-order valence-electron chi connectivity index (χ3n) is 4.80. The van der Waals surface area contributed by atoms with Gasteiger partial charge in [0, 0.05) is 31.5 Å². The van der Waals surface area contributed by atoms with Crippen LogP contribution in [0.2, 0.25) is 0 Å². The number of thiophene rings is 1. The molecule has 3 heteroatoms. The molecule has 0 spiro atoms. The number of hydrogen-bond donors (Lipinski definition) is 0. The van der Waals surface area contributed by atoms with Crippen LogP contribution in [-0.4, -0.2) is 16.0 Å². The standard InChI is InChI=1S/C20H22N2S/c1-16-6-2-3-7-18(16)20-19-8-4-10-21(19)11-5-12-22(20)14-17-9-13-23-15-17/h2-4,6-10,13,15,20H,5,11-12,14H2,1H3. The third-order valence-corrected chi connectivity index (χ3v) is 5.54. The van der Waals surface area contributed by atoms with Gasteiger partial charge in [0.05, 0.1) is 6.04 Å². The van der Waals surface area contributed by atoms with Gasteiger partial charge in [0.25, 0.3) is 0 Å². The zero-order valence-electron chi connectivity index (χ0n) is 13.5. The maximum Gasteiger partial charge on any atom is 0.0761 e. The lowest BCUT2D eigenvalue weighted by Gasteiger charge is -2.31. The highest BCUT2D eigenvalue weighted by Crippen LogP contribution is 2.34. The smallest absolute Gasteiger partial charge is 0.0761 e. The van der Waals surface area contributed by atoms with E-state index in [4.69, 9.17) is 0 Å². The zero-order chi connectivity index (χ0) is 15.6. The molecule has 0 radical (unpaired) electrons. The Morgan fingerprint density at radius 1 is 1.09 bits per heavy atom. The number of benzene rings is 1. The molecular formula is C20H22N2S. The third kappa shape index (κ3) is 2.87. The van der Waals surface area contributed by atoms with Gasteiger partial charge in [-0.25, -0.2) is 0 Å². The second kappa shape index (κ2) is 6.34. The molecule has 0 saturated heterocycles. The van der Waals surface area contributed by atoms with Crippen LogP contribution < -0.4 is 0 Å². The van der Waals surface area contributed by atoms with E-state index in [1.54, 1.807) is 11.3 Å². The molecule has 4 rings (SSSR count). The highest BCUT2D eigenvalue weighted by Gasteiger charge is 2.28. The molecule has 118 valence electrons. The normalized spacial score (nSPS) is 18.6. The Kier molecular flexibility index (Phi) is 4.06. The van der Waals surface area contributed by atoms with E-state index in [0.717, 1.165) is 19.6 Å². The Labute approximate surface area is 142 Å². The van der Waals surface area contributed by atoms with Gasteiger partial charge >= 0.3 is 0 Å². The van der Waals surface area contributed by atoms with Gasteiger partial charge in [-0.05, 0) is 59.0 Å². The summed E-state index contributed by atoms with van der Waals surface area (Å²) in [5, 5.41) is 4.46. The van der Waals surface area contributed by atoms with Gasteiger partial charge in [-0.15, -0.1) is 0 Å². The summed E-state index contributed by atoms with van der Waals surface area (Å²) in [6.45, 7) is 5.51. The number of rotatable bonds is 3. The van der Waals surface area contributed by atoms with Crippen molar-refractivity contribution in [2.45, 2.75) is 32.5 Å². The molecule has 1 aromatic carbocycles. The average Bonchev–Trinajstić information content (AvgIpc) is 3.19. The summed E-state index contributed by atoms with van der Waals surface area (Å²) in [5.74, 6) is 0. The molecule has 0 saturated carbocycles. The largest absolute Gasteiger partial charge is 0.350 e. The molecule has 0 aliphatic carbocycles. The summed E-state index contributed by atoms with van der Waals surface area (Å²) < 4.78 is 2.44. The highest BCUT2D eigenvalue weighted by molar-refractivity contribution is 7.07. The zero-order valence-corrected chi connectivity index (χ0v) is 14.3. The van der Waals surface area contributed by atoms with E-state index in [1.807, 2.05) is 0 Å². The van der Waals surface area contributed by atoms with Crippen molar-refractivity contribution in [2.24, 2.45) is 0 Å². The minimum atomic E-state index is 0.341. The van der Waals surface area contributed by atoms with Crippen molar-refractivity contribution in [3.63, 3.8) is 0 Å². The molecule has 1 unspecified atom stereocenters. The molecule has 1 aliphatic rings. The molecule has 0 N–H and O–H groups in total. The van der Waals surface area contributed by atoms with Gasteiger partial charge in [-0.1, -0.05) is 24.3 Å². The Hall–Kier alpha value is -1.84. The molecular weight excluding hydrogens is 300 g/mol. The summed E-state index contributed by atoms with van der Waals surface area (Å²) in [7, 11) is 0. The first-order valence-corrected chi connectivity index (χ1v) is 9.23. The van der Waals surface area contributed by atoms with Crippen molar-refractivity contribution in [3.8, 4) is 0 Å². The molecule has 0 amide bonds. The molecule has 23 heavy (non-hydrogen) atoms. The van der Waals surface area contributed by atoms with E-state index in [9.17, 15) is 0 Å². The van der Waals surface area contributed by atoms with Crippen LogP contribution in [0.5, 0.6) is 0 Å². The minimum Gasteiger partial charge on any atom is -0.350 e. The van der Waals surface area contributed by atoms with Crippen molar-refractivity contribution in [1.82, 2.24) is 9.47 Å². The Bertz CT molecular complexity index is 773. The molecule has 2 nitrogen and oxygen atoms in total. The first kappa shape index (κ1) is 14.7. The summed E-state index contributed by atoms with van der Waals surface area (Å²) in [5.41, 5.74) is 5.66. The van der Waals surface area contributed by atoms with Crippen molar-refractivity contribution in [1.29, 1.82) is 0 Å². The average molecular weight is 322 g/mol. The molecule has 0 bridgehead atoms. The predicted octanol–water partition coefficient (Wildman–Crippen LogP) is 4.85. The summed E-state index contributed by atoms with van der Waals surface area (Å²) in [4.78, 5) is 2.64. The summed E-state index contributed by atoms with van der Waals surface area (Å²) in [6.07, 6.45) is 3.43. The second-order valence-corrected chi connectivity index (χ2v) is 7.12.